The fraction of sp³-hybridized carbons (Fsp3) is 0.486. The molecule has 2 aliphatic heterocycles. The predicted molar refractivity (Wildman–Crippen MR) is 201 cm³/mol. The second-order valence-electron chi connectivity index (χ2n) is 14.3. The van der Waals surface area contributed by atoms with Gasteiger partial charge in [0.05, 0.1) is 37.8 Å². The van der Waals surface area contributed by atoms with Gasteiger partial charge in [0.15, 0.2) is 4.96 Å². The molecule has 17 heteroatoms. The molecule has 4 N–H and O–H groups in total. The summed E-state index contributed by atoms with van der Waals surface area (Å²) in [7, 11) is 2.52. The van der Waals surface area contributed by atoms with Crippen molar-refractivity contribution in [1.29, 1.82) is 0 Å². The molecule has 2 aliphatic rings. The summed E-state index contributed by atoms with van der Waals surface area (Å²) in [6.07, 6.45) is 6.93. The summed E-state index contributed by atoms with van der Waals surface area (Å²) in [5.41, 5.74) is 3.41. The smallest absolute Gasteiger partial charge is 0.407 e. The van der Waals surface area contributed by atoms with Crippen molar-refractivity contribution >= 4 is 51.2 Å². The minimum atomic E-state index is -0.803. The number of aromatic amines is 1. The normalized spacial score (nSPS) is 18.2. The van der Waals surface area contributed by atoms with Gasteiger partial charge in [0.1, 0.15) is 29.0 Å². The van der Waals surface area contributed by atoms with Crippen LogP contribution in [0.4, 0.5) is 14.6 Å². The van der Waals surface area contributed by atoms with E-state index in [0.29, 0.717) is 41.7 Å². The number of methoxy groups -OCH3 is 2. The number of ether oxygens (including phenoxy) is 2. The Hall–Kier alpha value is -5.45. The maximum absolute atomic E-state index is 13.5. The van der Waals surface area contributed by atoms with Gasteiger partial charge >= 0.3 is 12.2 Å². The first-order valence-corrected chi connectivity index (χ1v) is 18.9. The first kappa shape index (κ1) is 38.3. The van der Waals surface area contributed by atoms with E-state index in [1.54, 1.807) is 22.2 Å². The number of anilines is 1. The van der Waals surface area contributed by atoms with Gasteiger partial charge in [-0.3, -0.25) is 18.8 Å². The maximum Gasteiger partial charge on any atom is 0.407 e. The van der Waals surface area contributed by atoms with Gasteiger partial charge in [0.2, 0.25) is 17.7 Å². The highest BCUT2D eigenvalue weighted by molar-refractivity contribution is 7.21. The van der Waals surface area contributed by atoms with Gasteiger partial charge in [-0.15, -0.1) is 0 Å². The maximum atomic E-state index is 13.5. The minimum Gasteiger partial charge on any atom is -0.453 e. The van der Waals surface area contributed by atoms with Gasteiger partial charge in [-0.05, 0) is 43.1 Å². The Morgan fingerprint density at radius 1 is 0.833 bits per heavy atom. The Balaban J connectivity index is 1.09. The highest BCUT2D eigenvalue weighted by Gasteiger charge is 2.40. The molecule has 2 fully saturated rings. The van der Waals surface area contributed by atoms with E-state index in [9.17, 15) is 24.0 Å². The second kappa shape index (κ2) is 16.3. The van der Waals surface area contributed by atoms with Gasteiger partial charge in [-0.25, -0.2) is 19.6 Å². The summed E-state index contributed by atoms with van der Waals surface area (Å²) >= 11 is 1.33. The van der Waals surface area contributed by atoms with Crippen LogP contribution in [0.15, 0.2) is 42.9 Å². The number of rotatable bonds is 11. The number of H-pyrrole nitrogens is 1. The molecule has 16 nitrogen and oxygen atoms in total. The van der Waals surface area contributed by atoms with Crippen LogP contribution in [-0.2, 0) is 23.9 Å². The van der Waals surface area contributed by atoms with Crippen LogP contribution in [0.25, 0.3) is 27.5 Å². The highest BCUT2D eigenvalue weighted by atomic mass is 32.1. The van der Waals surface area contributed by atoms with Crippen molar-refractivity contribution in [3.63, 3.8) is 0 Å². The van der Waals surface area contributed by atoms with Gasteiger partial charge in [-0.1, -0.05) is 63.3 Å². The fourth-order valence-corrected chi connectivity index (χ4v) is 7.91. The van der Waals surface area contributed by atoms with E-state index in [-0.39, 0.29) is 35.6 Å². The summed E-state index contributed by atoms with van der Waals surface area (Å²) < 4.78 is 11.3. The molecule has 0 bridgehead atoms. The molecule has 288 valence electrons. The Kier molecular flexibility index (Phi) is 11.5. The lowest BCUT2D eigenvalue weighted by molar-refractivity contribution is -0.139. The first-order valence-electron chi connectivity index (χ1n) is 18.1. The van der Waals surface area contributed by atoms with Crippen LogP contribution >= 0.6 is 11.3 Å². The molecule has 4 atom stereocenters. The Morgan fingerprint density at radius 3 is 2.04 bits per heavy atom. The number of nitrogens with zero attached hydrogens (tertiary/aromatic N) is 5. The molecule has 0 spiro atoms. The number of nitrogens with one attached hydrogen (secondary N) is 4. The number of benzene rings is 1. The van der Waals surface area contributed by atoms with Crippen molar-refractivity contribution in [2.24, 2.45) is 11.8 Å². The predicted octanol–water partition coefficient (Wildman–Crippen LogP) is 4.81. The van der Waals surface area contributed by atoms with Gasteiger partial charge in [0.25, 0.3) is 0 Å². The zero-order chi connectivity index (χ0) is 38.7. The number of carbonyl (C=O) groups excluding carboxylic acids is 5. The van der Waals surface area contributed by atoms with Crippen LogP contribution in [-0.4, -0.2) is 104 Å². The molecule has 5 heterocycles. The number of aromatic nitrogens is 4. The second-order valence-corrected chi connectivity index (χ2v) is 15.3. The van der Waals surface area contributed by atoms with E-state index in [1.165, 1.54) is 25.6 Å². The lowest BCUT2D eigenvalue weighted by atomic mass is 10.0. The van der Waals surface area contributed by atoms with Gasteiger partial charge in [0, 0.05) is 31.0 Å². The number of carbonyl (C=O) groups is 5. The van der Waals surface area contributed by atoms with E-state index >= 15 is 0 Å². The summed E-state index contributed by atoms with van der Waals surface area (Å²) in [6.45, 7) is 8.44. The fourth-order valence-electron chi connectivity index (χ4n) is 7.04. The Labute approximate surface area is 317 Å². The number of thiazole rings is 1. The molecular weight excluding hydrogens is 715 g/mol. The lowest BCUT2D eigenvalue weighted by Gasteiger charge is -2.30. The Bertz CT molecular complexity index is 1970. The van der Waals surface area contributed by atoms with Crippen LogP contribution in [0, 0.1) is 11.8 Å². The van der Waals surface area contributed by atoms with Crippen molar-refractivity contribution in [1.82, 2.24) is 39.8 Å². The average molecular weight is 762 g/mol. The van der Waals surface area contributed by atoms with Crippen LogP contribution in [0.1, 0.15) is 65.2 Å². The summed E-state index contributed by atoms with van der Waals surface area (Å²) in [6, 6.07) is 5.54. The van der Waals surface area contributed by atoms with Crippen molar-refractivity contribution in [3.05, 3.63) is 48.7 Å². The number of alkyl carbamates (subject to hydrolysis) is 2. The number of hydrogen-bond acceptors (Lipinski definition) is 10. The van der Waals surface area contributed by atoms with Gasteiger partial charge in [-0.2, -0.15) is 0 Å². The molecule has 4 aromatic rings. The summed E-state index contributed by atoms with van der Waals surface area (Å²) in [4.78, 5) is 80.9. The van der Waals surface area contributed by atoms with Crippen LogP contribution < -0.4 is 16.0 Å². The van der Waals surface area contributed by atoms with Crippen LogP contribution in [0.3, 0.4) is 0 Å². The number of fused-ring (bicyclic) bond motifs is 1. The largest absolute Gasteiger partial charge is 0.453 e. The molecule has 0 unspecified atom stereocenters. The zero-order valence-corrected chi connectivity index (χ0v) is 32.1. The lowest BCUT2D eigenvalue weighted by Crippen LogP contribution is -2.54. The molecule has 6 rings (SSSR count). The summed E-state index contributed by atoms with van der Waals surface area (Å²) in [5, 5.41) is 8.85. The number of amides is 5. The van der Waals surface area contributed by atoms with E-state index in [2.05, 4.69) is 25.9 Å². The third-order valence-electron chi connectivity index (χ3n) is 9.96. The van der Waals surface area contributed by atoms with E-state index in [0.717, 1.165) is 35.4 Å². The third-order valence-corrected chi connectivity index (χ3v) is 10.9. The SMILES string of the molecule is COC(=O)N[C@H](C(=O)N1CCC[C@H]1C(=O)Nc1cn2cc(-c3ccc(-c4cnc([C@@H]5CCCN5C(=O)[C@@H](NC(=O)OC)C(C)C)[nH]4)cc3)nc2s1)C(C)C. The van der Waals surface area contributed by atoms with Crippen molar-refractivity contribution < 1.29 is 33.4 Å². The molecule has 3 aromatic heterocycles. The molecule has 0 radical (unpaired) electrons. The van der Waals surface area contributed by atoms with Crippen molar-refractivity contribution in [2.45, 2.75) is 77.5 Å². The minimum absolute atomic E-state index is 0.118. The number of likely N-dealkylation sites (tertiary alicyclic amines) is 2. The van der Waals surface area contributed by atoms with Crippen LogP contribution in [0.2, 0.25) is 0 Å². The highest BCUT2D eigenvalue weighted by Crippen LogP contribution is 2.34. The standard InChI is InChI=1S/C37H47N9O7S/c1-20(2)29(42-36(50)52-5)33(48)45-15-7-9-26(45)31-38-17-24(39-31)22-11-13-23(14-12-22)25-18-44-19-28(54-35(44)40-25)41-32(47)27-10-8-16-46(27)34(49)30(21(3)4)43-37(51)53-6/h11-14,17-21,26-27,29-30H,7-10,15-16H2,1-6H3,(H,38,39)(H,41,47)(H,42,50)(H,43,51)/t26-,27-,29-,30-/m0/s1. The third kappa shape index (κ3) is 8.05. The Morgan fingerprint density at radius 2 is 1.43 bits per heavy atom. The molecule has 54 heavy (non-hydrogen) atoms. The first-order chi connectivity index (χ1) is 25.9. The molecular formula is C37H47N9O7S. The number of imidazole rings is 2. The average Bonchev–Trinajstić information content (AvgIpc) is 4.00. The topological polar surface area (TPSA) is 192 Å². The van der Waals surface area contributed by atoms with Crippen molar-refractivity contribution in [3.8, 4) is 22.5 Å². The van der Waals surface area contributed by atoms with E-state index in [4.69, 9.17) is 14.5 Å². The quantitative estimate of drug-likeness (QED) is 0.166. The zero-order valence-electron chi connectivity index (χ0n) is 31.3. The van der Waals surface area contributed by atoms with E-state index in [1.807, 2.05) is 62.6 Å². The van der Waals surface area contributed by atoms with Crippen molar-refractivity contribution in [2.75, 3.05) is 32.6 Å². The molecule has 2 saturated heterocycles. The molecule has 5 amide bonds. The number of hydrogen-bond donors (Lipinski definition) is 4. The van der Waals surface area contributed by atoms with Gasteiger partial charge < -0.3 is 40.2 Å². The molecule has 0 saturated carbocycles. The summed E-state index contributed by atoms with van der Waals surface area (Å²) in [5.74, 6) is -0.368. The molecule has 1 aromatic carbocycles. The monoisotopic (exact) mass is 761 g/mol. The molecule has 0 aliphatic carbocycles. The van der Waals surface area contributed by atoms with Crippen LogP contribution in [0.5, 0.6) is 0 Å². The van der Waals surface area contributed by atoms with E-state index < -0.39 is 30.3 Å².